The lowest BCUT2D eigenvalue weighted by atomic mass is 10.2. The molecule has 0 radical (unpaired) electrons. The van der Waals surface area contributed by atoms with Crippen molar-refractivity contribution in [3.05, 3.63) is 11.7 Å². The van der Waals surface area contributed by atoms with E-state index in [1.54, 1.807) is 6.92 Å². The predicted octanol–water partition coefficient (Wildman–Crippen LogP) is 0.772. The molecule has 6 nitrogen and oxygen atoms in total. The van der Waals surface area contributed by atoms with Gasteiger partial charge in [-0.2, -0.15) is 4.98 Å². The Balaban J connectivity index is 2.09. The van der Waals surface area contributed by atoms with Crippen molar-refractivity contribution in [1.29, 1.82) is 0 Å². The average Bonchev–Trinajstić information content (AvgIpc) is 2.67. The van der Waals surface area contributed by atoms with Gasteiger partial charge in [-0.15, -0.1) is 0 Å². The minimum Gasteiger partial charge on any atom is -0.349 e. The number of aryl methyl sites for hydroxylation is 1. The first-order chi connectivity index (χ1) is 8.08. The van der Waals surface area contributed by atoms with Gasteiger partial charge in [-0.1, -0.05) is 19.0 Å². The van der Waals surface area contributed by atoms with Gasteiger partial charge in [0.2, 0.25) is 11.8 Å². The normalized spacial score (nSPS) is 10.8. The van der Waals surface area contributed by atoms with Crippen molar-refractivity contribution in [3.8, 4) is 0 Å². The summed E-state index contributed by atoms with van der Waals surface area (Å²) in [5.41, 5.74) is 0. The van der Waals surface area contributed by atoms with Gasteiger partial charge in [-0.05, 0) is 13.0 Å². The van der Waals surface area contributed by atoms with Gasteiger partial charge in [0.15, 0.2) is 5.82 Å². The summed E-state index contributed by atoms with van der Waals surface area (Å²) in [5.74, 6) is 1.03. The van der Waals surface area contributed by atoms with Crippen LogP contribution in [0.2, 0.25) is 0 Å². The van der Waals surface area contributed by atoms with Crippen molar-refractivity contribution < 1.29 is 9.32 Å². The Bertz CT molecular complexity index is 349. The lowest BCUT2D eigenvalue weighted by Gasteiger charge is -2.07. The smallest absolute Gasteiger partial charge is 0.223 e. The van der Waals surface area contributed by atoms with Gasteiger partial charge in [-0.3, -0.25) is 4.79 Å². The van der Waals surface area contributed by atoms with Crippen LogP contribution in [0.25, 0.3) is 0 Å². The maximum atomic E-state index is 11.4. The number of carbonyl (C=O) groups is 1. The predicted molar refractivity (Wildman–Crippen MR) is 63.3 cm³/mol. The highest BCUT2D eigenvalue weighted by Crippen LogP contribution is 1.95. The summed E-state index contributed by atoms with van der Waals surface area (Å²) in [6.07, 6.45) is 1.34. The summed E-state index contributed by atoms with van der Waals surface area (Å²) in [6, 6.07) is 0.459. The quantitative estimate of drug-likeness (QED) is 0.688. The Morgan fingerprint density at radius 3 is 2.82 bits per heavy atom. The zero-order valence-corrected chi connectivity index (χ0v) is 10.6. The van der Waals surface area contributed by atoms with Crippen LogP contribution in [0.15, 0.2) is 4.52 Å². The summed E-state index contributed by atoms with van der Waals surface area (Å²) in [5, 5.41) is 9.70. The first kappa shape index (κ1) is 13.6. The lowest BCUT2D eigenvalue weighted by Crippen LogP contribution is -2.27. The highest BCUT2D eigenvalue weighted by atomic mass is 16.5. The highest BCUT2D eigenvalue weighted by Gasteiger charge is 2.05. The Morgan fingerprint density at radius 2 is 2.24 bits per heavy atom. The topological polar surface area (TPSA) is 80.0 Å². The molecule has 96 valence electrons. The summed E-state index contributed by atoms with van der Waals surface area (Å²) in [7, 11) is 0. The van der Waals surface area contributed by atoms with E-state index in [1.165, 1.54) is 0 Å². The van der Waals surface area contributed by atoms with Crippen molar-refractivity contribution in [1.82, 2.24) is 20.8 Å². The van der Waals surface area contributed by atoms with Gasteiger partial charge >= 0.3 is 0 Å². The second kappa shape index (κ2) is 7.01. The van der Waals surface area contributed by atoms with Crippen LogP contribution in [-0.2, 0) is 11.3 Å². The molecule has 0 atom stereocenters. The fourth-order valence-corrected chi connectivity index (χ4v) is 1.32. The van der Waals surface area contributed by atoms with Gasteiger partial charge in [0.05, 0.1) is 6.54 Å². The van der Waals surface area contributed by atoms with E-state index in [0.29, 0.717) is 30.7 Å². The number of hydrogen-bond acceptors (Lipinski definition) is 5. The van der Waals surface area contributed by atoms with E-state index in [0.717, 1.165) is 13.0 Å². The number of nitrogens with zero attached hydrogens (tertiary/aromatic N) is 2. The highest BCUT2D eigenvalue weighted by molar-refractivity contribution is 5.75. The summed E-state index contributed by atoms with van der Waals surface area (Å²) < 4.78 is 4.80. The zero-order chi connectivity index (χ0) is 12.7. The average molecular weight is 240 g/mol. The minimum atomic E-state index is 0.0120. The summed E-state index contributed by atoms with van der Waals surface area (Å²) in [6.45, 7) is 7.06. The Kier molecular flexibility index (Phi) is 5.62. The van der Waals surface area contributed by atoms with Crippen LogP contribution in [-0.4, -0.2) is 28.6 Å². The second-order valence-corrected chi connectivity index (χ2v) is 4.22. The monoisotopic (exact) mass is 240 g/mol. The third-order valence-corrected chi connectivity index (χ3v) is 2.15. The second-order valence-electron chi connectivity index (χ2n) is 4.22. The maximum absolute atomic E-state index is 11.4. The van der Waals surface area contributed by atoms with Crippen LogP contribution in [0.5, 0.6) is 0 Å². The zero-order valence-electron chi connectivity index (χ0n) is 10.6. The van der Waals surface area contributed by atoms with Gasteiger partial charge in [0.25, 0.3) is 0 Å². The molecule has 0 bridgehead atoms. The molecule has 0 unspecified atom stereocenters. The van der Waals surface area contributed by atoms with E-state index < -0.39 is 0 Å². The molecule has 2 N–H and O–H groups in total. The van der Waals surface area contributed by atoms with Crippen LogP contribution < -0.4 is 10.6 Å². The molecular formula is C11H20N4O2. The van der Waals surface area contributed by atoms with Crippen molar-refractivity contribution in [2.24, 2.45) is 0 Å². The molecule has 6 heteroatoms. The Labute approximate surface area is 101 Å². The molecule has 0 aliphatic carbocycles. The van der Waals surface area contributed by atoms with Crippen molar-refractivity contribution >= 4 is 5.91 Å². The number of carbonyl (C=O) groups excluding carboxylic acids is 1. The van der Waals surface area contributed by atoms with Gasteiger partial charge in [0, 0.05) is 19.4 Å². The molecule has 1 aromatic rings. The number of nitrogens with one attached hydrogen (secondary N) is 2. The Morgan fingerprint density at radius 1 is 1.47 bits per heavy atom. The number of aromatic nitrogens is 2. The largest absolute Gasteiger partial charge is 0.349 e. The van der Waals surface area contributed by atoms with E-state index in [2.05, 4.69) is 34.6 Å². The van der Waals surface area contributed by atoms with Crippen LogP contribution >= 0.6 is 0 Å². The molecule has 0 aliphatic heterocycles. The van der Waals surface area contributed by atoms with Crippen LogP contribution in [0.4, 0.5) is 0 Å². The molecular weight excluding hydrogens is 220 g/mol. The third kappa shape index (κ3) is 6.01. The van der Waals surface area contributed by atoms with E-state index >= 15 is 0 Å². The van der Waals surface area contributed by atoms with E-state index in [1.807, 2.05) is 0 Å². The molecule has 1 amide bonds. The first-order valence-electron chi connectivity index (χ1n) is 5.87. The molecule has 0 spiro atoms. The standard InChI is InChI=1S/C11H20N4O2/c1-8(2)12-6-4-5-11(16)13-7-10-14-9(3)17-15-10/h8,12H,4-7H2,1-3H3,(H,13,16). The van der Waals surface area contributed by atoms with Crippen LogP contribution in [0, 0.1) is 6.92 Å². The molecule has 0 aliphatic rings. The fourth-order valence-electron chi connectivity index (χ4n) is 1.32. The molecule has 0 saturated carbocycles. The summed E-state index contributed by atoms with van der Waals surface area (Å²) in [4.78, 5) is 15.4. The van der Waals surface area contributed by atoms with Crippen molar-refractivity contribution in [2.45, 2.75) is 46.2 Å². The summed E-state index contributed by atoms with van der Waals surface area (Å²) >= 11 is 0. The van der Waals surface area contributed by atoms with E-state index in [4.69, 9.17) is 4.52 Å². The number of hydrogen-bond donors (Lipinski definition) is 2. The number of rotatable bonds is 7. The van der Waals surface area contributed by atoms with Gasteiger partial charge < -0.3 is 15.2 Å². The molecule has 1 rings (SSSR count). The maximum Gasteiger partial charge on any atom is 0.223 e. The molecule has 1 aromatic heterocycles. The van der Waals surface area contributed by atoms with Crippen molar-refractivity contribution in [2.75, 3.05) is 6.54 Å². The van der Waals surface area contributed by atoms with E-state index in [-0.39, 0.29) is 5.91 Å². The minimum absolute atomic E-state index is 0.0120. The lowest BCUT2D eigenvalue weighted by molar-refractivity contribution is -0.121. The third-order valence-electron chi connectivity index (χ3n) is 2.15. The van der Waals surface area contributed by atoms with Crippen molar-refractivity contribution in [3.63, 3.8) is 0 Å². The molecule has 0 fully saturated rings. The number of amides is 1. The SMILES string of the molecule is Cc1nc(CNC(=O)CCCNC(C)C)no1. The molecule has 1 heterocycles. The van der Waals surface area contributed by atoms with Gasteiger partial charge in [-0.25, -0.2) is 0 Å². The Hall–Kier alpha value is -1.43. The molecule has 17 heavy (non-hydrogen) atoms. The molecule has 0 saturated heterocycles. The van der Waals surface area contributed by atoms with Gasteiger partial charge in [0.1, 0.15) is 0 Å². The van der Waals surface area contributed by atoms with Crippen LogP contribution in [0.1, 0.15) is 38.4 Å². The fraction of sp³-hybridized carbons (Fsp3) is 0.727. The first-order valence-corrected chi connectivity index (χ1v) is 5.87. The molecule has 0 aromatic carbocycles. The van der Waals surface area contributed by atoms with Crippen LogP contribution in [0.3, 0.4) is 0 Å². The van der Waals surface area contributed by atoms with E-state index in [9.17, 15) is 4.79 Å².